The van der Waals surface area contributed by atoms with Crippen LogP contribution in [-0.2, 0) is 6.54 Å². The average molecular weight is 280 g/mol. The van der Waals surface area contributed by atoms with Gasteiger partial charge in [0.05, 0.1) is 11.0 Å². The number of halogens is 2. The summed E-state index contributed by atoms with van der Waals surface area (Å²) in [7, 11) is 0. The maximum absolute atomic E-state index is 13.3. The number of rotatable bonds is 2. The predicted octanol–water partition coefficient (Wildman–Crippen LogP) is 2.70. The van der Waals surface area contributed by atoms with Crippen LogP contribution in [0.1, 0.15) is 11.4 Å². The van der Waals surface area contributed by atoms with Crippen molar-refractivity contribution >= 4 is 15.9 Å². The molecule has 0 amide bonds. The first-order valence-electron chi connectivity index (χ1n) is 4.56. The Kier molecular flexibility index (Phi) is 3.02. The lowest BCUT2D eigenvalue weighted by Crippen LogP contribution is -2.02. The lowest BCUT2D eigenvalue weighted by atomic mass is 10.2. The van der Waals surface area contributed by atoms with Gasteiger partial charge in [-0.25, -0.2) is 9.37 Å². The Balaban J connectivity index is 2.35. The SMILES string of the molecule is N#Cc1nccn1Cc1cccc(F)c1Br. The summed E-state index contributed by atoms with van der Waals surface area (Å²) in [6, 6.07) is 6.79. The van der Waals surface area contributed by atoms with Crippen molar-refractivity contribution in [3.63, 3.8) is 0 Å². The number of nitriles is 1. The molecular formula is C11H7BrFN3. The summed E-state index contributed by atoms with van der Waals surface area (Å²) in [6.07, 6.45) is 3.24. The molecule has 0 N–H and O–H groups in total. The van der Waals surface area contributed by atoms with Gasteiger partial charge < -0.3 is 4.57 Å². The zero-order valence-electron chi connectivity index (χ0n) is 8.19. The van der Waals surface area contributed by atoms with Gasteiger partial charge in [0.15, 0.2) is 0 Å². The molecule has 2 rings (SSSR count). The number of hydrogen-bond donors (Lipinski definition) is 0. The van der Waals surface area contributed by atoms with Crippen LogP contribution in [0.5, 0.6) is 0 Å². The van der Waals surface area contributed by atoms with E-state index in [-0.39, 0.29) is 5.82 Å². The quantitative estimate of drug-likeness (QED) is 0.848. The molecule has 0 aliphatic carbocycles. The largest absolute Gasteiger partial charge is 0.318 e. The number of imidazole rings is 1. The van der Waals surface area contributed by atoms with Crippen molar-refractivity contribution in [2.45, 2.75) is 6.54 Å². The van der Waals surface area contributed by atoms with Gasteiger partial charge in [0.25, 0.3) is 0 Å². The third-order valence-corrected chi connectivity index (χ3v) is 3.08. The van der Waals surface area contributed by atoms with Crippen LogP contribution in [0.15, 0.2) is 35.1 Å². The van der Waals surface area contributed by atoms with Crippen LogP contribution in [0, 0.1) is 17.1 Å². The summed E-state index contributed by atoms with van der Waals surface area (Å²) in [5.74, 6) is 0.00674. The van der Waals surface area contributed by atoms with E-state index in [9.17, 15) is 4.39 Å². The highest BCUT2D eigenvalue weighted by molar-refractivity contribution is 9.10. The van der Waals surface area contributed by atoms with Gasteiger partial charge >= 0.3 is 0 Å². The standard InChI is InChI=1S/C11H7BrFN3/c12-11-8(2-1-3-9(11)13)7-16-5-4-15-10(16)6-14/h1-5H,7H2. The summed E-state index contributed by atoms with van der Waals surface area (Å²) in [5.41, 5.74) is 0.773. The summed E-state index contributed by atoms with van der Waals surface area (Å²) in [5, 5.41) is 8.79. The van der Waals surface area contributed by atoms with E-state index in [1.807, 2.05) is 6.07 Å². The first-order valence-corrected chi connectivity index (χ1v) is 5.36. The molecule has 16 heavy (non-hydrogen) atoms. The first-order chi connectivity index (χ1) is 7.72. The summed E-state index contributed by atoms with van der Waals surface area (Å²) in [6.45, 7) is 0.418. The smallest absolute Gasteiger partial charge is 0.213 e. The summed E-state index contributed by atoms with van der Waals surface area (Å²) in [4.78, 5) is 3.88. The average Bonchev–Trinajstić information content (AvgIpc) is 2.72. The highest BCUT2D eigenvalue weighted by Crippen LogP contribution is 2.21. The van der Waals surface area contributed by atoms with Crippen molar-refractivity contribution < 1.29 is 4.39 Å². The molecule has 0 unspecified atom stereocenters. The van der Waals surface area contributed by atoms with E-state index in [0.717, 1.165) is 5.56 Å². The maximum Gasteiger partial charge on any atom is 0.213 e. The van der Waals surface area contributed by atoms with Gasteiger partial charge in [-0.05, 0) is 27.6 Å². The summed E-state index contributed by atoms with van der Waals surface area (Å²) >= 11 is 3.18. The lowest BCUT2D eigenvalue weighted by Gasteiger charge is -2.06. The molecule has 0 atom stereocenters. The molecule has 0 spiro atoms. The minimum absolute atomic E-state index is 0.309. The van der Waals surface area contributed by atoms with Crippen LogP contribution >= 0.6 is 15.9 Å². The van der Waals surface area contributed by atoms with Crippen LogP contribution in [-0.4, -0.2) is 9.55 Å². The molecule has 0 bridgehead atoms. The Morgan fingerprint density at radius 1 is 1.50 bits per heavy atom. The van der Waals surface area contributed by atoms with E-state index in [0.29, 0.717) is 16.8 Å². The van der Waals surface area contributed by atoms with Crippen LogP contribution in [0.25, 0.3) is 0 Å². The molecule has 0 saturated heterocycles. The highest BCUT2D eigenvalue weighted by Gasteiger charge is 2.07. The second kappa shape index (κ2) is 4.45. The molecule has 3 nitrogen and oxygen atoms in total. The number of hydrogen-bond acceptors (Lipinski definition) is 2. The minimum atomic E-state index is -0.309. The molecule has 0 aliphatic heterocycles. The van der Waals surface area contributed by atoms with E-state index in [4.69, 9.17) is 5.26 Å². The third-order valence-electron chi connectivity index (χ3n) is 2.19. The topological polar surface area (TPSA) is 41.6 Å². The monoisotopic (exact) mass is 279 g/mol. The van der Waals surface area contributed by atoms with Gasteiger partial charge in [-0.2, -0.15) is 5.26 Å². The Labute approximate surface area is 100 Å². The molecule has 0 saturated carbocycles. The van der Waals surface area contributed by atoms with E-state index < -0.39 is 0 Å². The molecule has 1 aromatic heterocycles. The molecule has 0 fully saturated rings. The fraction of sp³-hybridized carbons (Fsp3) is 0.0909. The van der Waals surface area contributed by atoms with E-state index in [1.54, 1.807) is 29.1 Å². The van der Waals surface area contributed by atoms with Gasteiger partial charge in [-0.1, -0.05) is 12.1 Å². The van der Waals surface area contributed by atoms with Crippen molar-refractivity contribution in [3.8, 4) is 6.07 Å². The van der Waals surface area contributed by atoms with Crippen molar-refractivity contribution in [1.29, 1.82) is 5.26 Å². The Morgan fingerprint density at radius 2 is 2.31 bits per heavy atom. The van der Waals surface area contributed by atoms with E-state index in [1.165, 1.54) is 6.07 Å². The van der Waals surface area contributed by atoms with E-state index in [2.05, 4.69) is 20.9 Å². The number of nitrogens with zero attached hydrogens (tertiary/aromatic N) is 3. The molecule has 5 heteroatoms. The summed E-state index contributed by atoms with van der Waals surface area (Å²) < 4.78 is 15.3. The Hall–Kier alpha value is -1.67. The van der Waals surface area contributed by atoms with Crippen LogP contribution in [0.3, 0.4) is 0 Å². The second-order valence-electron chi connectivity index (χ2n) is 3.20. The molecular weight excluding hydrogens is 273 g/mol. The normalized spacial score (nSPS) is 10.1. The molecule has 1 aromatic carbocycles. The van der Waals surface area contributed by atoms with Gasteiger partial charge in [0.2, 0.25) is 5.82 Å². The van der Waals surface area contributed by atoms with Crippen LogP contribution in [0.2, 0.25) is 0 Å². The second-order valence-corrected chi connectivity index (χ2v) is 4.00. The van der Waals surface area contributed by atoms with Crippen molar-refractivity contribution in [2.24, 2.45) is 0 Å². The van der Waals surface area contributed by atoms with Gasteiger partial charge in [0, 0.05) is 12.4 Å². The first kappa shape index (κ1) is 10.8. The maximum atomic E-state index is 13.3. The Morgan fingerprint density at radius 3 is 3.06 bits per heavy atom. The predicted molar refractivity (Wildman–Crippen MR) is 60.1 cm³/mol. The minimum Gasteiger partial charge on any atom is -0.318 e. The fourth-order valence-corrected chi connectivity index (χ4v) is 1.79. The zero-order valence-corrected chi connectivity index (χ0v) is 9.78. The van der Waals surface area contributed by atoms with Crippen LogP contribution < -0.4 is 0 Å². The van der Waals surface area contributed by atoms with Crippen molar-refractivity contribution in [3.05, 3.63) is 52.3 Å². The van der Waals surface area contributed by atoms with Crippen molar-refractivity contribution in [2.75, 3.05) is 0 Å². The fourth-order valence-electron chi connectivity index (χ4n) is 1.40. The molecule has 0 aliphatic rings. The van der Waals surface area contributed by atoms with Gasteiger partial charge in [0.1, 0.15) is 11.9 Å². The molecule has 2 aromatic rings. The van der Waals surface area contributed by atoms with Gasteiger partial charge in [-0.15, -0.1) is 0 Å². The number of benzene rings is 1. The van der Waals surface area contributed by atoms with Crippen LogP contribution in [0.4, 0.5) is 4.39 Å². The van der Waals surface area contributed by atoms with E-state index >= 15 is 0 Å². The lowest BCUT2D eigenvalue weighted by molar-refractivity contribution is 0.615. The molecule has 0 radical (unpaired) electrons. The highest BCUT2D eigenvalue weighted by atomic mass is 79.9. The molecule has 1 heterocycles. The molecule has 80 valence electrons. The zero-order chi connectivity index (χ0) is 11.5. The van der Waals surface area contributed by atoms with Gasteiger partial charge in [-0.3, -0.25) is 0 Å². The number of aromatic nitrogens is 2. The van der Waals surface area contributed by atoms with Crippen molar-refractivity contribution in [1.82, 2.24) is 9.55 Å². The third kappa shape index (κ3) is 1.97. The Bertz CT molecular complexity index is 557.